The third kappa shape index (κ3) is 8.90. The Labute approximate surface area is 249 Å². The quantitative estimate of drug-likeness (QED) is 0.313. The lowest BCUT2D eigenvalue weighted by molar-refractivity contribution is -0.149. The van der Waals surface area contributed by atoms with E-state index in [1.54, 1.807) is 0 Å². The molecule has 0 spiro atoms. The minimum Gasteiger partial charge on any atom is -0.454 e. The molecule has 0 bridgehead atoms. The fourth-order valence-electron chi connectivity index (χ4n) is 4.54. The van der Waals surface area contributed by atoms with Crippen LogP contribution in [0.2, 0.25) is 0 Å². The molecule has 0 aromatic heterocycles. The van der Waals surface area contributed by atoms with Crippen LogP contribution in [0.4, 0.5) is 0 Å². The number of sulfonamides is 1. The summed E-state index contributed by atoms with van der Waals surface area (Å²) in [5, 5.41) is 12.9. The predicted molar refractivity (Wildman–Crippen MR) is 159 cm³/mol. The van der Waals surface area contributed by atoms with E-state index in [-0.39, 0.29) is 43.5 Å². The second-order valence-electron chi connectivity index (χ2n) is 12.3. The molecule has 42 heavy (non-hydrogen) atoms. The van der Waals surface area contributed by atoms with E-state index in [4.69, 9.17) is 15.2 Å². The lowest BCUT2D eigenvalue weighted by Crippen LogP contribution is -2.61. The van der Waals surface area contributed by atoms with Crippen LogP contribution in [0.15, 0.2) is 53.4 Å². The molecule has 0 radical (unpaired) electrons. The third-order valence-corrected chi connectivity index (χ3v) is 8.43. The van der Waals surface area contributed by atoms with E-state index in [0.29, 0.717) is 11.5 Å². The van der Waals surface area contributed by atoms with Crippen LogP contribution in [-0.2, 0) is 26.0 Å². The first-order chi connectivity index (χ1) is 19.6. The molecular formula is C30H44N4O7S. The summed E-state index contributed by atoms with van der Waals surface area (Å²) < 4.78 is 39.7. The van der Waals surface area contributed by atoms with Crippen LogP contribution in [-0.4, -0.2) is 72.7 Å². The standard InChI is InChI=1S/C30H44N4O7S/c1-20(2)17-33(42(38,39)23-12-13-26-27(15-23)41-19-40-26)18-25(35)24(14-22-10-8-7-9-11-22)34(32-29(37)21(3)31)28(36)16-30(4,5)6/h7-13,15,20-21,24-25,35H,14,16-19,31H2,1-6H3,(H,32,37)/t21-,24-,25+/m0/s1. The number of nitrogens with one attached hydrogen (secondary N) is 1. The third-order valence-electron chi connectivity index (χ3n) is 6.60. The number of carbonyl (C=O) groups is 2. The molecule has 4 N–H and O–H groups in total. The highest BCUT2D eigenvalue weighted by molar-refractivity contribution is 7.89. The zero-order valence-electron chi connectivity index (χ0n) is 25.2. The number of hydrazine groups is 1. The molecule has 1 aliphatic heterocycles. The SMILES string of the molecule is CC(C)CN(C[C@@H](O)[C@H](Cc1ccccc1)N(NC(=O)[C@H](C)N)C(=O)CC(C)(C)C)S(=O)(=O)c1ccc2c(c1)OCO2. The molecule has 3 atom stereocenters. The number of rotatable bonds is 12. The van der Waals surface area contributed by atoms with Gasteiger partial charge in [0.05, 0.1) is 23.1 Å². The Morgan fingerprint density at radius 2 is 1.67 bits per heavy atom. The van der Waals surface area contributed by atoms with Gasteiger partial charge in [0.1, 0.15) is 0 Å². The molecule has 0 saturated heterocycles. The first-order valence-electron chi connectivity index (χ1n) is 14.1. The molecule has 232 valence electrons. The van der Waals surface area contributed by atoms with Crippen LogP contribution in [0.25, 0.3) is 0 Å². The maximum absolute atomic E-state index is 13.9. The molecule has 0 saturated carbocycles. The Hall–Kier alpha value is -3.19. The van der Waals surface area contributed by atoms with Gasteiger partial charge in [-0.15, -0.1) is 0 Å². The zero-order chi connectivity index (χ0) is 31.2. The van der Waals surface area contributed by atoms with Crippen LogP contribution >= 0.6 is 0 Å². The van der Waals surface area contributed by atoms with Crippen molar-refractivity contribution in [1.82, 2.24) is 14.7 Å². The topological polar surface area (TPSA) is 151 Å². The number of aliphatic hydroxyl groups is 1. The van der Waals surface area contributed by atoms with Gasteiger partial charge >= 0.3 is 0 Å². The van der Waals surface area contributed by atoms with Gasteiger partial charge in [0.25, 0.3) is 5.91 Å². The number of hydrogen-bond acceptors (Lipinski definition) is 8. The molecule has 0 aliphatic carbocycles. The van der Waals surface area contributed by atoms with Crippen molar-refractivity contribution < 1.29 is 32.6 Å². The molecular weight excluding hydrogens is 560 g/mol. The lowest BCUT2D eigenvalue weighted by atomic mass is 9.91. The Morgan fingerprint density at radius 3 is 2.26 bits per heavy atom. The summed E-state index contributed by atoms with van der Waals surface area (Å²) in [6.45, 7) is 10.7. The molecule has 1 aliphatic rings. The van der Waals surface area contributed by atoms with E-state index in [2.05, 4.69) is 5.43 Å². The number of aliphatic hydroxyl groups excluding tert-OH is 1. The number of ether oxygens (including phenoxy) is 2. The van der Waals surface area contributed by atoms with Crippen molar-refractivity contribution in [3.05, 3.63) is 54.1 Å². The number of nitrogens with two attached hydrogens (primary N) is 1. The smallest absolute Gasteiger partial charge is 0.255 e. The van der Waals surface area contributed by atoms with Gasteiger partial charge in [0.2, 0.25) is 22.7 Å². The van der Waals surface area contributed by atoms with Crippen LogP contribution in [0, 0.1) is 11.3 Å². The van der Waals surface area contributed by atoms with Crippen molar-refractivity contribution in [1.29, 1.82) is 0 Å². The Balaban J connectivity index is 2.02. The van der Waals surface area contributed by atoms with Gasteiger partial charge in [0.15, 0.2) is 11.5 Å². The van der Waals surface area contributed by atoms with Crippen molar-refractivity contribution in [3.63, 3.8) is 0 Å². The van der Waals surface area contributed by atoms with Gasteiger partial charge in [-0.3, -0.25) is 15.0 Å². The predicted octanol–water partition coefficient (Wildman–Crippen LogP) is 2.68. The van der Waals surface area contributed by atoms with Gasteiger partial charge in [-0.25, -0.2) is 13.4 Å². The summed E-state index contributed by atoms with van der Waals surface area (Å²) in [7, 11) is -4.10. The molecule has 3 rings (SSSR count). The van der Waals surface area contributed by atoms with Crippen LogP contribution in [0.3, 0.4) is 0 Å². The molecule has 11 nitrogen and oxygen atoms in total. The van der Waals surface area contributed by atoms with Crippen molar-refractivity contribution >= 4 is 21.8 Å². The summed E-state index contributed by atoms with van der Waals surface area (Å²) in [5.74, 6) is -0.337. The van der Waals surface area contributed by atoms with Gasteiger partial charge in [-0.05, 0) is 42.4 Å². The number of carbonyl (C=O) groups excluding carboxylic acids is 2. The van der Waals surface area contributed by atoms with Gasteiger partial charge in [-0.1, -0.05) is 65.0 Å². The van der Waals surface area contributed by atoms with E-state index in [1.165, 1.54) is 29.4 Å². The summed E-state index contributed by atoms with van der Waals surface area (Å²) in [6.07, 6.45) is -1.17. The number of hydrogen-bond donors (Lipinski definition) is 3. The maximum atomic E-state index is 13.9. The highest BCUT2D eigenvalue weighted by atomic mass is 32.2. The molecule has 0 unspecified atom stereocenters. The lowest BCUT2D eigenvalue weighted by Gasteiger charge is -2.38. The molecule has 2 amide bonds. The number of nitrogens with zero attached hydrogens (tertiary/aromatic N) is 2. The summed E-state index contributed by atoms with van der Waals surface area (Å²) in [4.78, 5) is 26.4. The second-order valence-corrected chi connectivity index (χ2v) is 14.3. The van der Waals surface area contributed by atoms with Crippen molar-refractivity contribution in [2.24, 2.45) is 17.1 Å². The minimum atomic E-state index is -4.10. The van der Waals surface area contributed by atoms with Crippen molar-refractivity contribution in [3.8, 4) is 11.5 Å². The van der Waals surface area contributed by atoms with Gasteiger partial charge in [0, 0.05) is 25.6 Å². The zero-order valence-corrected chi connectivity index (χ0v) is 26.1. The fraction of sp³-hybridized carbons (Fsp3) is 0.533. The average Bonchev–Trinajstić information content (AvgIpc) is 3.37. The summed E-state index contributed by atoms with van der Waals surface area (Å²) in [6, 6.07) is 11.6. The van der Waals surface area contributed by atoms with Crippen LogP contribution in [0.5, 0.6) is 11.5 Å². The Bertz CT molecular complexity index is 1330. The molecule has 0 fully saturated rings. The molecule has 1 heterocycles. The van der Waals surface area contributed by atoms with Gasteiger partial charge in [-0.2, -0.15) is 4.31 Å². The van der Waals surface area contributed by atoms with E-state index >= 15 is 0 Å². The van der Waals surface area contributed by atoms with Crippen molar-refractivity contribution in [2.75, 3.05) is 19.9 Å². The highest BCUT2D eigenvalue weighted by Crippen LogP contribution is 2.35. The summed E-state index contributed by atoms with van der Waals surface area (Å²) in [5.41, 5.74) is 8.79. The van der Waals surface area contributed by atoms with Crippen molar-refractivity contribution in [2.45, 2.75) is 77.5 Å². The first-order valence-corrected chi connectivity index (χ1v) is 15.5. The molecule has 2 aromatic carbocycles. The Kier molecular flexibility index (Phi) is 11.0. The second kappa shape index (κ2) is 13.9. The fourth-order valence-corrected chi connectivity index (χ4v) is 6.18. The number of benzene rings is 2. The molecule has 2 aromatic rings. The minimum absolute atomic E-state index is 0.0000108. The monoisotopic (exact) mass is 604 g/mol. The first kappa shape index (κ1) is 33.3. The highest BCUT2D eigenvalue weighted by Gasteiger charge is 2.37. The Morgan fingerprint density at radius 1 is 1.02 bits per heavy atom. The summed E-state index contributed by atoms with van der Waals surface area (Å²) >= 11 is 0. The van der Waals surface area contributed by atoms with Crippen LogP contribution in [0.1, 0.15) is 53.5 Å². The van der Waals surface area contributed by atoms with E-state index in [0.717, 1.165) is 10.6 Å². The van der Waals surface area contributed by atoms with E-state index in [1.807, 2.05) is 65.0 Å². The number of amides is 2. The largest absolute Gasteiger partial charge is 0.454 e. The van der Waals surface area contributed by atoms with Crippen LogP contribution < -0.4 is 20.6 Å². The normalized spacial score (nSPS) is 15.4. The van der Waals surface area contributed by atoms with Gasteiger partial charge < -0.3 is 20.3 Å². The molecule has 12 heteroatoms. The average molecular weight is 605 g/mol. The maximum Gasteiger partial charge on any atom is 0.255 e. The van der Waals surface area contributed by atoms with E-state index < -0.39 is 45.4 Å². The number of fused-ring (bicyclic) bond motifs is 1. The van der Waals surface area contributed by atoms with E-state index in [9.17, 15) is 23.1 Å².